The van der Waals surface area contributed by atoms with Gasteiger partial charge in [0.1, 0.15) is 0 Å². The maximum atomic E-state index is 4.44. The molecular weight excluding hydrogens is 242 g/mol. The predicted molar refractivity (Wildman–Crippen MR) is 78.1 cm³/mol. The van der Waals surface area contributed by atoms with Gasteiger partial charge in [-0.05, 0) is 44.7 Å². The van der Waals surface area contributed by atoms with Gasteiger partial charge >= 0.3 is 0 Å². The smallest absolute Gasteiger partial charge is 0.0942 e. The highest BCUT2D eigenvalue weighted by molar-refractivity contribution is 7.99. The zero-order valence-corrected chi connectivity index (χ0v) is 12.8. The van der Waals surface area contributed by atoms with Crippen molar-refractivity contribution in [3.8, 4) is 0 Å². The van der Waals surface area contributed by atoms with E-state index in [0.29, 0.717) is 11.3 Å². The number of hydrogen-bond acceptors (Lipinski definition) is 3. The Kier molecular flexibility index (Phi) is 4.73. The molecule has 1 aromatic heterocycles. The van der Waals surface area contributed by atoms with Gasteiger partial charge in [0.15, 0.2) is 0 Å². The van der Waals surface area contributed by atoms with Crippen LogP contribution in [0.5, 0.6) is 0 Å². The molecule has 0 radical (unpaired) electrons. The van der Waals surface area contributed by atoms with E-state index in [1.54, 1.807) is 0 Å². The fourth-order valence-corrected chi connectivity index (χ4v) is 4.37. The SMILES string of the molecule is CCNC1CCC(C)CC1Sc1cc(C)nn1C. The summed E-state index contributed by atoms with van der Waals surface area (Å²) < 4.78 is 2.02. The Balaban J connectivity index is 2.06. The first-order valence-electron chi connectivity index (χ1n) is 7.00. The van der Waals surface area contributed by atoms with Crippen molar-refractivity contribution >= 4 is 11.8 Å². The third-order valence-corrected chi connectivity index (χ3v) is 5.20. The van der Waals surface area contributed by atoms with E-state index < -0.39 is 0 Å². The topological polar surface area (TPSA) is 29.9 Å². The molecule has 1 aliphatic carbocycles. The van der Waals surface area contributed by atoms with Crippen molar-refractivity contribution in [3.63, 3.8) is 0 Å². The minimum absolute atomic E-state index is 0.659. The lowest BCUT2D eigenvalue weighted by Crippen LogP contribution is -2.42. The van der Waals surface area contributed by atoms with Crippen LogP contribution in [-0.2, 0) is 7.05 Å². The van der Waals surface area contributed by atoms with Gasteiger partial charge in [-0.3, -0.25) is 4.68 Å². The van der Waals surface area contributed by atoms with Crippen LogP contribution >= 0.6 is 11.8 Å². The lowest BCUT2D eigenvalue weighted by atomic mass is 9.87. The summed E-state index contributed by atoms with van der Waals surface area (Å²) in [4.78, 5) is 0. The molecule has 0 bridgehead atoms. The van der Waals surface area contributed by atoms with Gasteiger partial charge in [-0.15, -0.1) is 11.8 Å². The second kappa shape index (κ2) is 6.11. The van der Waals surface area contributed by atoms with Crippen molar-refractivity contribution in [3.05, 3.63) is 11.8 Å². The Morgan fingerprint density at radius 1 is 1.50 bits per heavy atom. The van der Waals surface area contributed by atoms with Gasteiger partial charge < -0.3 is 5.32 Å². The van der Waals surface area contributed by atoms with E-state index in [0.717, 1.165) is 18.2 Å². The van der Waals surface area contributed by atoms with Crippen LogP contribution in [-0.4, -0.2) is 27.6 Å². The summed E-state index contributed by atoms with van der Waals surface area (Å²) in [6, 6.07) is 2.86. The van der Waals surface area contributed by atoms with Crippen LogP contribution in [0.4, 0.5) is 0 Å². The van der Waals surface area contributed by atoms with Gasteiger partial charge in [0.25, 0.3) is 0 Å². The van der Waals surface area contributed by atoms with E-state index in [9.17, 15) is 0 Å². The second-order valence-electron chi connectivity index (χ2n) is 5.49. The van der Waals surface area contributed by atoms with E-state index in [-0.39, 0.29) is 0 Å². The number of nitrogens with zero attached hydrogens (tertiary/aromatic N) is 2. The maximum Gasteiger partial charge on any atom is 0.0942 e. The number of aryl methyl sites for hydroxylation is 2. The fraction of sp³-hybridized carbons (Fsp3) is 0.786. The average Bonchev–Trinajstić information content (AvgIpc) is 2.61. The van der Waals surface area contributed by atoms with Crippen LogP contribution < -0.4 is 5.32 Å². The van der Waals surface area contributed by atoms with Crippen LogP contribution in [0.1, 0.15) is 38.8 Å². The van der Waals surface area contributed by atoms with Crippen molar-refractivity contribution in [2.24, 2.45) is 13.0 Å². The lowest BCUT2D eigenvalue weighted by Gasteiger charge is -2.34. The third-order valence-electron chi connectivity index (χ3n) is 3.75. The van der Waals surface area contributed by atoms with E-state index in [2.05, 4.69) is 37.3 Å². The molecule has 2 rings (SSSR count). The Labute approximate surface area is 115 Å². The summed E-state index contributed by atoms with van der Waals surface area (Å²) >= 11 is 2.00. The Bertz CT molecular complexity index is 388. The summed E-state index contributed by atoms with van der Waals surface area (Å²) in [5.74, 6) is 0.853. The van der Waals surface area contributed by atoms with Gasteiger partial charge in [-0.25, -0.2) is 0 Å². The molecule has 0 spiro atoms. The summed E-state index contributed by atoms with van der Waals surface area (Å²) in [6.07, 6.45) is 3.98. The zero-order chi connectivity index (χ0) is 13.1. The van der Waals surface area contributed by atoms with Gasteiger partial charge in [-0.2, -0.15) is 5.10 Å². The average molecular weight is 267 g/mol. The van der Waals surface area contributed by atoms with E-state index in [1.165, 1.54) is 24.3 Å². The van der Waals surface area contributed by atoms with E-state index in [1.807, 2.05) is 23.5 Å². The Hall–Kier alpha value is -0.480. The van der Waals surface area contributed by atoms with Crippen LogP contribution in [0.3, 0.4) is 0 Å². The third kappa shape index (κ3) is 3.29. The van der Waals surface area contributed by atoms with Crippen molar-refractivity contribution in [2.45, 2.75) is 56.4 Å². The maximum absolute atomic E-state index is 4.44. The lowest BCUT2D eigenvalue weighted by molar-refractivity contribution is 0.320. The number of aromatic nitrogens is 2. The number of thioether (sulfide) groups is 1. The highest BCUT2D eigenvalue weighted by Crippen LogP contribution is 2.36. The highest BCUT2D eigenvalue weighted by atomic mass is 32.2. The summed E-state index contributed by atoms with van der Waals surface area (Å²) in [5, 5.41) is 10.1. The molecule has 1 fully saturated rings. The number of rotatable bonds is 4. The van der Waals surface area contributed by atoms with Crippen molar-refractivity contribution in [2.75, 3.05) is 6.54 Å². The summed E-state index contributed by atoms with van der Waals surface area (Å²) in [6.45, 7) is 7.72. The molecule has 3 unspecified atom stereocenters. The van der Waals surface area contributed by atoms with Gasteiger partial charge in [-0.1, -0.05) is 13.8 Å². The van der Waals surface area contributed by atoms with E-state index in [4.69, 9.17) is 0 Å². The van der Waals surface area contributed by atoms with Crippen LogP contribution in [0, 0.1) is 12.8 Å². The minimum Gasteiger partial charge on any atom is -0.313 e. The predicted octanol–water partition coefficient (Wildman–Crippen LogP) is 2.99. The van der Waals surface area contributed by atoms with Gasteiger partial charge in [0.05, 0.1) is 10.7 Å². The van der Waals surface area contributed by atoms with Crippen LogP contribution in [0.25, 0.3) is 0 Å². The Morgan fingerprint density at radius 3 is 2.89 bits per heavy atom. The quantitative estimate of drug-likeness (QED) is 0.909. The summed E-state index contributed by atoms with van der Waals surface area (Å²) in [7, 11) is 2.05. The molecule has 18 heavy (non-hydrogen) atoms. The van der Waals surface area contributed by atoms with Gasteiger partial charge in [0, 0.05) is 18.3 Å². The zero-order valence-electron chi connectivity index (χ0n) is 11.9. The van der Waals surface area contributed by atoms with Crippen LogP contribution in [0.2, 0.25) is 0 Å². The van der Waals surface area contributed by atoms with Gasteiger partial charge in [0.2, 0.25) is 0 Å². The van der Waals surface area contributed by atoms with Crippen molar-refractivity contribution in [1.82, 2.24) is 15.1 Å². The molecule has 0 aliphatic heterocycles. The largest absolute Gasteiger partial charge is 0.313 e. The first-order chi connectivity index (χ1) is 8.60. The molecule has 0 amide bonds. The van der Waals surface area contributed by atoms with Crippen LogP contribution in [0.15, 0.2) is 11.1 Å². The molecule has 102 valence electrons. The second-order valence-corrected chi connectivity index (χ2v) is 6.75. The molecule has 3 nitrogen and oxygen atoms in total. The molecule has 3 atom stereocenters. The standard InChI is InChI=1S/C14H25N3S/c1-5-15-12-7-6-10(2)8-13(12)18-14-9-11(3)16-17(14)4/h9-10,12-13,15H,5-8H2,1-4H3. The van der Waals surface area contributed by atoms with E-state index >= 15 is 0 Å². The highest BCUT2D eigenvalue weighted by Gasteiger charge is 2.29. The molecule has 1 saturated carbocycles. The Morgan fingerprint density at radius 2 is 2.28 bits per heavy atom. The molecule has 4 heteroatoms. The summed E-state index contributed by atoms with van der Waals surface area (Å²) in [5.41, 5.74) is 1.11. The molecule has 0 saturated heterocycles. The van der Waals surface area contributed by atoms with Crippen molar-refractivity contribution < 1.29 is 0 Å². The number of hydrogen-bond donors (Lipinski definition) is 1. The molecule has 1 aliphatic rings. The minimum atomic E-state index is 0.659. The molecular formula is C14H25N3S. The van der Waals surface area contributed by atoms with Crippen molar-refractivity contribution in [1.29, 1.82) is 0 Å². The molecule has 1 N–H and O–H groups in total. The first-order valence-corrected chi connectivity index (χ1v) is 7.88. The monoisotopic (exact) mass is 267 g/mol. The normalized spacial score (nSPS) is 28.6. The molecule has 1 heterocycles. The first kappa shape index (κ1) is 13.9. The molecule has 1 aromatic rings. The fourth-order valence-electron chi connectivity index (χ4n) is 2.81. The number of nitrogens with one attached hydrogen (secondary N) is 1. The molecule has 0 aromatic carbocycles.